The zero-order valence-corrected chi connectivity index (χ0v) is 10.6. The number of carbonyl (C=O) groups excluding carboxylic acids is 1. The normalized spacial score (nSPS) is 19.0. The van der Waals surface area contributed by atoms with Gasteiger partial charge in [0.1, 0.15) is 0 Å². The SMILES string of the molecule is O=C(c1ccnc2ccccc12)N1CCC[C@H]1CO. The quantitative estimate of drug-likeness (QED) is 0.892. The Bertz CT molecular complexity index is 607. The average Bonchev–Trinajstić information content (AvgIpc) is 2.94. The maximum atomic E-state index is 12.6. The molecule has 1 aromatic carbocycles. The lowest BCUT2D eigenvalue weighted by molar-refractivity contribution is 0.0679. The van der Waals surface area contributed by atoms with E-state index in [1.54, 1.807) is 17.2 Å². The molecule has 1 saturated heterocycles. The maximum absolute atomic E-state index is 12.6. The van der Waals surface area contributed by atoms with Crippen LogP contribution in [0.3, 0.4) is 0 Å². The minimum absolute atomic E-state index is 0.00449. The molecule has 1 N–H and O–H groups in total. The van der Waals surface area contributed by atoms with Crippen LogP contribution in [0.25, 0.3) is 10.9 Å². The van der Waals surface area contributed by atoms with Crippen molar-refractivity contribution in [2.75, 3.05) is 13.2 Å². The van der Waals surface area contributed by atoms with Gasteiger partial charge in [-0.05, 0) is 25.0 Å². The molecule has 1 aliphatic rings. The zero-order chi connectivity index (χ0) is 13.2. The van der Waals surface area contributed by atoms with Crippen molar-refractivity contribution < 1.29 is 9.90 Å². The van der Waals surface area contributed by atoms with Gasteiger partial charge in [-0.1, -0.05) is 18.2 Å². The third-order valence-electron chi connectivity index (χ3n) is 3.73. The Kier molecular flexibility index (Phi) is 3.17. The van der Waals surface area contributed by atoms with Crippen molar-refractivity contribution in [1.82, 2.24) is 9.88 Å². The topological polar surface area (TPSA) is 53.4 Å². The Morgan fingerprint density at radius 1 is 1.37 bits per heavy atom. The average molecular weight is 256 g/mol. The molecule has 0 saturated carbocycles. The summed E-state index contributed by atoms with van der Waals surface area (Å²) in [5.74, 6) is -0.00449. The molecule has 0 bridgehead atoms. The Balaban J connectivity index is 2.02. The number of likely N-dealkylation sites (tertiary alicyclic amines) is 1. The number of aromatic nitrogens is 1. The third kappa shape index (κ3) is 2.08. The largest absolute Gasteiger partial charge is 0.394 e. The monoisotopic (exact) mass is 256 g/mol. The first-order chi connectivity index (χ1) is 9.31. The summed E-state index contributed by atoms with van der Waals surface area (Å²) in [4.78, 5) is 18.7. The number of pyridine rings is 1. The zero-order valence-electron chi connectivity index (χ0n) is 10.6. The van der Waals surface area contributed by atoms with E-state index in [1.807, 2.05) is 24.3 Å². The third-order valence-corrected chi connectivity index (χ3v) is 3.73. The summed E-state index contributed by atoms with van der Waals surface area (Å²) in [7, 11) is 0. The highest BCUT2D eigenvalue weighted by Crippen LogP contribution is 2.23. The molecule has 4 nitrogen and oxygen atoms in total. The molecule has 0 spiro atoms. The summed E-state index contributed by atoms with van der Waals surface area (Å²) in [5, 5.41) is 10.2. The smallest absolute Gasteiger partial charge is 0.254 e. The van der Waals surface area contributed by atoms with Gasteiger partial charge in [0.25, 0.3) is 5.91 Å². The molecule has 1 atom stereocenters. The number of benzene rings is 1. The van der Waals surface area contributed by atoms with E-state index in [0.29, 0.717) is 5.56 Å². The Hall–Kier alpha value is -1.94. The molecular formula is C15H16N2O2. The summed E-state index contributed by atoms with van der Waals surface area (Å²) in [6.45, 7) is 0.759. The first-order valence-electron chi connectivity index (χ1n) is 6.57. The standard InChI is InChI=1S/C15H16N2O2/c18-10-11-4-3-9-17(11)15(19)13-7-8-16-14-6-2-1-5-12(13)14/h1-2,5-8,11,18H,3-4,9-10H2/t11-/m0/s1. The van der Waals surface area contributed by atoms with E-state index in [9.17, 15) is 9.90 Å². The van der Waals surface area contributed by atoms with E-state index in [4.69, 9.17) is 0 Å². The van der Waals surface area contributed by atoms with Crippen LogP contribution in [0, 0.1) is 0 Å². The van der Waals surface area contributed by atoms with Gasteiger partial charge < -0.3 is 10.0 Å². The van der Waals surface area contributed by atoms with Crippen LogP contribution in [0.4, 0.5) is 0 Å². The van der Waals surface area contributed by atoms with Gasteiger partial charge in [0, 0.05) is 18.1 Å². The van der Waals surface area contributed by atoms with Crippen molar-refractivity contribution in [3.05, 3.63) is 42.1 Å². The Labute approximate surface area is 111 Å². The number of fused-ring (bicyclic) bond motifs is 1. The van der Waals surface area contributed by atoms with Gasteiger partial charge in [-0.25, -0.2) is 0 Å². The van der Waals surface area contributed by atoms with Gasteiger partial charge in [0.05, 0.1) is 23.7 Å². The van der Waals surface area contributed by atoms with Crippen LogP contribution >= 0.6 is 0 Å². The van der Waals surface area contributed by atoms with Crippen molar-refractivity contribution in [2.45, 2.75) is 18.9 Å². The lowest BCUT2D eigenvalue weighted by Crippen LogP contribution is -2.37. The van der Waals surface area contributed by atoms with Gasteiger partial charge in [-0.15, -0.1) is 0 Å². The molecule has 0 radical (unpaired) electrons. The second kappa shape index (κ2) is 4.97. The van der Waals surface area contributed by atoms with E-state index in [-0.39, 0.29) is 18.6 Å². The van der Waals surface area contributed by atoms with Gasteiger partial charge in [0.15, 0.2) is 0 Å². The van der Waals surface area contributed by atoms with Crippen LogP contribution in [-0.4, -0.2) is 40.1 Å². The fourth-order valence-corrected chi connectivity index (χ4v) is 2.73. The number of rotatable bonds is 2. The maximum Gasteiger partial charge on any atom is 0.254 e. The number of aliphatic hydroxyl groups excluding tert-OH is 1. The summed E-state index contributed by atoms with van der Waals surface area (Å²) in [5.41, 5.74) is 1.50. The lowest BCUT2D eigenvalue weighted by Gasteiger charge is -2.23. The molecular weight excluding hydrogens is 240 g/mol. The van der Waals surface area contributed by atoms with Crippen molar-refractivity contribution >= 4 is 16.8 Å². The molecule has 1 fully saturated rings. The predicted octanol–water partition coefficient (Wildman–Crippen LogP) is 1.83. The number of nitrogens with zero attached hydrogens (tertiary/aromatic N) is 2. The van der Waals surface area contributed by atoms with E-state index >= 15 is 0 Å². The van der Waals surface area contributed by atoms with E-state index in [2.05, 4.69) is 4.98 Å². The molecule has 4 heteroatoms. The molecule has 0 aliphatic carbocycles. The second-order valence-corrected chi connectivity index (χ2v) is 4.85. The highest BCUT2D eigenvalue weighted by Gasteiger charge is 2.29. The highest BCUT2D eigenvalue weighted by atomic mass is 16.3. The molecule has 2 heterocycles. The molecule has 2 aromatic rings. The molecule has 1 aromatic heterocycles. The van der Waals surface area contributed by atoms with Crippen LogP contribution in [0.15, 0.2) is 36.5 Å². The van der Waals surface area contributed by atoms with Crippen molar-refractivity contribution in [1.29, 1.82) is 0 Å². The molecule has 1 amide bonds. The number of amides is 1. The van der Waals surface area contributed by atoms with E-state index in [0.717, 1.165) is 30.3 Å². The summed E-state index contributed by atoms with van der Waals surface area (Å²) < 4.78 is 0. The molecule has 3 rings (SSSR count). The van der Waals surface area contributed by atoms with E-state index in [1.165, 1.54) is 0 Å². The summed E-state index contributed by atoms with van der Waals surface area (Å²) in [6, 6.07) is 9.36. The van der Waals surface area contributed by atoms with Crippen molar-refractivity contribution in [2.24, 2.45) is 0 Å². The van der Waals surface area contributed by atoms with Crippen LogP contribution in [0.1, 0.15) is 23.2 Å². The minimum atomic E-state index is -0.0422. The summed E-state index contributed by atoms with van der Waals surface area (Å²) in [6.07, 6.45) is 3.50. The molecule has 98 valence electrons. The number of hydrogen-bond donors (Lipinski definition) is 1. The first kappa shape index (κ1) is 12.1. The minimum Gasteiger partial charge on any atom is -0.394 e. The number of hydrogen-bond acceptors (Lipinski definition) is 3. The number of para-hydroxylation sites is 1. The van der Waals surface area contributed by atoms with Gasteiger partial charge in [0.2, 0.25) is 0 Å². The van der Waals surface area contributed by atoms with Gasteiger partial charge >= 0.3 is 0 Å². The number of carbonyl (C=O) groups is 1. The van der Waals surface area contributed by atoms with Crippen LogP contribution in [-0.2, 0) is 0 Å². The lowest BCUT2D eigenvalue weighted by atomic mass is 10.1. The fourth-order valence-electron chi connectivity index (χ4n) is 2.73. The molecule has 1 aliphatic heterocycles. The molecule has 0 unspecified atom stereocenters. The fraction of sp³-hybridized carbons (Fsp3) is 0.333. The Morgan fingerprint density at radius 3 is 3.05 bits per heavy atom. The predicted molar refractivity (Wildman–Crippen MR) is 72.9 cm³/mol. The van der Waals surface area contributed by atoms with Gasteiger partial charge in [-0.2, -0.15) is 0 Å². The highest BCUT2D eigenvalue weighted by molar-refractivity contribution is 6.06. The second-order valence-electron chi connectivity index (χ2n) is 4.85. The number of aliphatic hydroxyl groups is 1. The van der Waals surface area contributed by atoms with E-state index < -0.39 is 0 Å². The summed E-state index contributed by atoms with van der Waals surface area (Å²) >= 11 is 0. The first-order valence-corrected chi connectivity index (χ1v) is 6.57. The van der Waals surface area contributed by atoms with Crippen molar-refractivity contribution in [3.63, 3.8) is 0 Å². The Morgan fingerprint density at radius 2 is 2.21 bits per heavy atom. The van der Waals surface area contributed by atoms with Crippen LogP contribution < -0.4 is 0 Å². The molecule has 19 heavy (non-hydrogen) atoms. The van der Waals surface area contributed by atoms with Crippen LogP contribution in [0.2, 0.25) is 0 Å². The van der Waals surface area contributed by atoms with Crippen LogP contribution in [0.5, 0.6) is 0 Å². The van der Waals surface area contributed by atoms with Gasteiger partial charge in [-0.3, -0.25) is 9.78 Å². The van der Waals surface area contributed by atoms with Crippen molar-refractivity contribution in [3.8, 4) is 0 Å².